The third-order valence-corrected chi connectivity index (χ3v) is 10.0. The number of rotatable bonds is 13. The second kappa shape index (κ2) is 17.4. The van der Waals surface area contributed by atoms with Gasteiger partial charge in [0.2, 0.25) is 0 Å². The zero-order valence-corrected chi connectivity index (χ0v) is 30.1. The molecular formula is C47H46N2O4. The normalized spacial score (nSPS) is 18.5. The Bertz CT molecular complexity index is 2000. The van der Waals surface area contributed by atoms with Crippen LogP contribution < -0.4 is 5.32 Å². The largest absolute Gasteiger partial charge is 0.392 e. The molecule has 0 aromatic heterocycles. The third kappa shape index (κ3) is 9.17. The average Bonchev–Trinajstić information content (AvgIpc) is 3.22. The Morgan fingerprint density at radius 1 is 0.642 bits per heavy atom. The Morgan fingerprint density at radius 2 is 1.21 bits per heavy atom. The molecule has 1 heterocycles. The van der Waals surface area contributed by atoms with E-state index in [0.29, 0.717) is 12.1 Å². The summed E-state index contributed by atoms with van der Waals surface area (Å²) in [6.45, 7) is 4.94. The van der Waals surface area contributed by atoms with Crippen molar-refractivity contribution in [3.63, 3.8) is 0 Å². The predicted molar refractivity (Wildman–Crippen MR) is 209 cm³/mol. The highest BCUT2D eigenvalue weighted by Gasteiger charge is 2.39. The van der Waals surface area contributed by atoms with Crippen LogP contribution in [0.2, 0.25) is 0 Å². The molecule has 0 unspecified atom stereocenters. The maximum absolute atomic E-state index is 12.8. The first kappa shape index (κ1) is 36.0. The van der Waals surface area contributed by atoms with E-state index in [0.717, 1.165) is 53.0 Å². The van der Waals surface area contributed by atoms with Crippen molar-refractivity contribution < 1.29 is 19.4 Å². The summed E-state index contributed by atoms with van der Waals surface area (Å²) in [7, 11) is 0. The summed E-state index contributed by atoms with van der Waals surface area (Å²) in [5.41, 5.74) is 9.17. The van der Waals surface area contributed by atoms with Crippen molar-refractivity contribution >= 4 is 5.91 Å². The van der Waals surface area contributed by atoms with E-state index in [2.05, 4.69) is 126 Å². The molecule has 2 N–H and O–H groups in total. The average molecular weight is 703 g/mol. The standard InChI is InChI=1S/C47H46N2O4/c1-34-44(32-49(30-35-13-5-2-6-14-35)31-36-15-7-3-8-16-36)52-47(53-45(34)39-23-21-37(33-50)22-24-39)41-27-25-38(26-28-41)43-20-12-11-19-42(43)29-48-46(51)40-17-9-4-10-18-40/h2-28,34,44-45,47,50H,29-33H2,1H3,(H,48,51)/t34-,44+,45+,47+/m1/s1. The van der Waals surface area contributed by atoms with Gasteiger partial charge in [0.15, 0.2) is 6.29 Å². The topological polar surface area (TPSA) is 71.0 Å². The van der Waals surface area contributed by atoms with Crippen LogP contribution in [0.5, 0.6) is 0 Å². The van der Waals surface area contributed by atoms with Crippen LogP contribution in [0.4, 0.5) is 0 Å². The molecule has 1 amide bonds. The summed E-state index contributed by atoms with van der Waals surface area (Å²) in [6, 6.07) is 55.1. The van der Waals surface area contributed by atoms with Crippen molar-refractivity contribution in [1.29, 1.82) is 0 Å². The second-order valence-electron chi connectivity index (χ2n) is 13.8. The van der Waals surface area contributed by atoms with Crippen molar-refractivity contribution in [1.82, 2.24) is 10.2 Å². The molecule has 0 saturated carbocycles. The molecule has 6 aromatic rings. The van der Waals surface area contributed by atoms with E-state index in [1.165, 1.54) is 11.1 Å². The molecule has 1 aliphatic rings. The predicted octanol–water partition coefficient (Wildman–Crippen LogP) is 9.27. The van der Waals surface area contributed by atoms with Crippen LogP contribution >= 0.6 is 0 Å². The number of carbonyl (C=O) groups excluding carboxylic acids is 1. The van der Waals surface area contributed by atoms with Crippen LogP contribution in [-0.4, -0.2) is 28.6 Å². The van der Waals surface area contributed by atoms with Crippen LogP contribution in [0.15, 0.2) is 164 Å². The number of ether oxygens (including phenoxy) is 2. The molecule has 0 radical (unpaired) electrons. The van der Waals surface area contributed by atoms with Gasteiger partial charge < -0.3 is 19.9 Å². The maximum atomic E-state index is 12.8. The Kier molecular flexibility index (Phi) is 11.8. The first-order valence-electron chi connectivity index (χ1n) is 18.4. The van der Waals surface area contributed by atoms with E-state index >= 15 is 0 Å². The lowest BCUT2D eigenvalue weighted by atomic mass is 9.89. The summed E-state index contributed by atoms with van der Waals surface area (Å²) >= 11 is 0. The fraction of sp³-hybridized carbons (Fsp3) is 0.213. The van der Waals surface area contributed by atoms with E-state index in [1.54, 1.807) is 0 Å². The van der Waals surface area contributed by atoms with E-state index < -0.39 is 6.29 Å². The second-order valence-corrected chi connectivity index (χ2v) is 13.8. The fourth-order valence-corrected chi connectivity index (χ4v) is 7.09. The van der Waals surface area contributed by atoms with E-state index in [1.807, 2.05) is 54.6 Å². The number of aliphatic hydroxyl groups excluding tert-OH is 1. The molecule has 0 bridgehead atoms. The Morgan fingerprint density at radius 3 is 1.83 bits per heavy atom. The zero-order chi connectivity index (χ0) is 36.4. The lowest BCUT2D eigenvalue weighted by Gasteiger charge is -2.43. The molecule has 6 nitrogen and oxygen atoms in total. The summed E-state index contributed by atoms with van der Waals surface area (Å²) in [4.78, 5) is 15.3. The van der Waals surface area contributed by atoms with E-state index in [9.17, 15) is 9.90 Å². The number of hydrogen-bond acceptors (Lipinski definition) is 5. The van der Waals surface area contributed by atoms with Gasteiger partial charge in [-0.15, -0.1) is 0 Å². The minimum Gasteiger partial charge on any atom is -0.392 e. The molecule has 6 heteroatoms. The first-order valence-corrected chi connectivity index (χ1v) is 18.4. The van der Waals surface area contributed by atoms with Crippen molar-refractivity contribution in [3.05, 3.63) is 203 Å². The molecule has 1 fully saturated rings. The summed E-state index contributed by atoms with van der Waals surface area (Å²) in [5.74, 6) is -0.0460. The van der Waals surface area contributed by atoms with Crippen LogP contribution in [0.1, 0.15) is 63.1 Å². The molecular weight excluding hydrogens is 657 g/mol. The highest BCUT2D eigenvalue weighted by Crippen LogP contribution is 2.42. The highest BCUT2D eigenvalue weighted by atomic mass is 16.7. The molecule has 0 aliphatic carbocycles. The SMILES string of the molecule is C[C@@H]1[C@H](CN(Cc2ccccc2)Cc2ccccc2)O[C@H](c2ccc(-c3ccccc3CNC(=O)c3ccccc3)cc2)O[C@@H]1c1ccc(CO)cc1. The van der Waals surface area contributed by atoms with Crippen LogP contribution in [-0.2, 0) is 35.7 Å². The quantitative estimate of drug-likeness (QED) is 0.126. The van der Waals surface area contributed by atoms with Gasteiger partial charge in [0.25, 0.3) is 5.91 Å². The number of nitrogens with one attached hydrogen (secondary N) is 1. The lowest BCUT2D eigenvalue weighted by molar-refractivity contribution is -0.276. The Hall–Kier alpha value is -5.37. The van der Waals surface area contributed by atoms with Gasteiger partial charge in [0.1, 0.15) is 0 Å². The van der Waals surface area contributed by atoms with Gasteiger partial charge in [-0.1, -0.05) is 159 Å². The monoisotopic (exact) mass is 702 g/mol. The number of amides is 1. The molecule has 1 saturated heterocycles. The number of nitrogens with zero attached hydrogens (tertiary/aromatic N) is 1. The Balaban J connectivity index is 1.14. The summed E-state index contributed by atoms with van der Waals surface area (Å²) in [5, 5.41) is 12.8. The van der Waals surface area contributed by atoms with E-state index in [4.69, 9.17) is 9.47 Å². The number of benzene rings is 6. The smallest absolute Gasteiger partial charge is 0.251 e. The number of carbonyl (C=O) groups is 1. The molecule has 1 aliphatic heterocycles. The first-order chi connectivity index (χ1) is 26.0. The fourth-order valence-electron chi connectivity index (χ4n) is 7.09. The van der Waals surface area contributed by atoms with Crippen molar-refractivity contribution in [2.75, 3.05) is 6.54 Å². The van der Waals surface area contributed by atoms with Gasteiger partial charge in [-0.2, -0.15) is 0 Å². The van der Waals surface area contributed by atoms with Crippen LogP contribution in [0.25, 0.3) is 11.1 Å². The van der Waals surface area contributed by atoms with Crippen LogP contribution in [0, 0.1) is 5.92 Å². The molecule has 7 rings (SSSR count). The van der Waals surface area contributed by atoms with Gasteiger partial charge in [0.05, 0.1) is 18.8 Å². The molecule has 0 spiro atoms. The maximum Gasteiger partial charge on any atom is 0.251 e. The molecule has 53 heavy (non-hydrogen) atoms. The number of hydrogen-bond donors (Lipinski definition) is 2. The summed E-state index contributed by atoms with van der Waals surface area (Å²) in [6.07, 6.45) is -0.920. The van der Waals surface area contributed by atoms with Gasteiger partial charge in [-0.3, -0.25) is 9.69 Å². The molecule has 6 aromatic carbocycles. The van der Waals surface area contributed by atoms with Crippen molar-refractivity contribution in [2.45, 2.75) is 51.7 Å². The van der Waals surface area contributed by atoms with Gasteiger partial charge in [-0.25, -0.2) is 0 Å². The minimum atomic E-state index is -0.580. The lowest BCUT2D eigenvalue weighted by Crippen LogP contribution is -2.44. The van der Waals surface area contributed by atoms with Gasteiger partial charge in [0, 0.05) is 43.2 Å². The van der Waals surface area contributed by atoms with Gasteiger partial charge >= 0.3 is 0 Å². The summed E-state index contributed by atoms with van der Waals surface area (Å²) < 4.78 is 13.7. The molecule has 4 atom stereocenters. The highest BCUT2D eigenvalue weighted by molar-refractivity contribution is 5.94. The van der Waals surface area contributed by atoms with E-state index in [-0.39, 0.29) is 30.6 Å². The minimum absolute atomic E-state index is 0.00146. The Labute approximate surface area is 312 Å². The van der Waals surface area contributed by atoms with Crippen molar-refractivity contribution in [3.8, 4) is 11.1 Å². The molecule has 268 valence electrons. The van der Waals surface area contributed by atoms with Crippen LogP contribution in [0.3, 0.4) is 0 Å². The van der Waals surface area contributed by atoms with Gasteiger partial charge in [-0.05, 0) is 51.1 Å². The third-order valence-electron chi connectivity index (χ3n) is 10.0. The van der Waals surface area contributed by atoms with Crippen molar-refractivity contribution in [2.24, 2.45) is 5.92 Å². The zero-order valence-electron chi connectivity index (χ0n) is 30.1. The number of aliphatic hydroxyl groups is 1.